The van der Waals surface area contributed by atoms with Crippen LogP contribution in [0.25, 0.3) is 0 Å². The molecule has 0 fully saturated rings. The Bertz CT molecular complexity index is 1540. The summed E-state index contributed by atoms with van der Waals surface area (Å²) in [7, 11) is 3.33. The van der Waals surface area contributed by atoms with Gasteiger partial charge in [-0.3, -0.25) is 33.7 Å². The second-order valence-electron chi connectivity index (χ2n) is 15.7. The van der Waals surface area contributed by atoms with E-state index in [2.05, 4.69) is 16.0 Å². The van der Waals surface area contributed by atoms with Crippen molar-refractivity contribution in [3.05, 3.63) is 59.7 Å². The van der Waals surface area contributed by atoms with Crippen molar-refractivity contribution < 1.29 is 38.7 Å². The number of benzene rings is 1. The number of amides is 5. The van der Waals surface area contributed by atoms with Crippen LogP contribution in [0.4, 0.5) is 0 Å². The molecule has 13 heteroatoms. The number of carboxylic acids is 1. The third kappa shape index (κ3) is 12.5. The van der Waals surface area contributed by atoms with Crippen LogP contribution in [0.5, 0.6) is 0 Å². The number of rotatable bonds is 20. The lowest BCUT2D eigenvalue weighted by Gasteiger charge is -2.40. The molecule has 0 saturated carbocycles. The summed E-state index contributed by atoms with van der Waals surface area (Å²) < 4.78 is 0. The number of carboxylic acid groups (broad SMARTS) is 1. The smallest absolute Gasteiger partial charge is 0.326 e. The number of ketones is 1. The van der Waals surface area contributed by atoms with Crippen LogP contribution in [0, 0.1) is 11.3 Å². The van der Waals surface area contributed by atoms with Crippen LogP contribution in [0.2, 0.25) is 0 Å². The minimum Gasteiger partial charge on any atom is -0.480 e. The highest BCUT2D eigenvalue weighted by Gasteiger charge is 2.41. The molecule has 0 spiro atoms. The fourth-order valence-corrected chi connectivity index (χ4v) is 6.37. The first kappa shape index (κ1) is 44.5. The summed E-state index contributed by atoms with van der Waals surface area (Å²) in [5, 5.41) is 18.4. The van der Waals surface area contributed by atoms with Crippen molar-refractivity contribution in [2.75, 3.05) is 20.6 Å². The zero-order chi connectivity index (χ0) is 40.3. The molecule has 2 rings (SSSR count). The first-order valence-electron chi connectivity index (χ1n) is 18.2. The molecule has 53 heavy (non-hydrogen) atoms. The summed E-state index contributed by atoms with van der Waals surface area (Å²) in [6.45, 7) is 15.1. The van der Waals surface area contributed by atoms with Crippen molar-refractivity contribution in [2.24, 2.45) is 11.3 Å². The van der Waals surface area contributed by atoms with E-state index in [1.54, 1.807) is 20.2 Å². The molecule has 292 valence electrons. The Morgan fingerprint density at radius 1 is 0.887 bits per heavy atom. The second kappa shape index (κ2) is 19.4. The molecule has 0 saturated heterocycles. The van der Waals surface area contributed by atoms with Crippen LogP contribution in [-0.4, -0.2) is 101 Å². The van der Waals surface area contributed by atoms with Gasteiger partial charge in [-0.05, 0) is 50.1 Å². The summed E-state index contributed by atoms with van der Waals surface area (Å²) in [4.78, 5) is 91.7. The molecule has 5 amide bonds. The molecule has 1 aromatic carbocycles. The fraction of sp³-hybridized carbons (Fsp3) is 0.575. The maximum absolute atomic E-state index is 14.2. The number of aliphatic carboxylic acids is 1. The van der Waals surface area contributed by atoms with Gasteiger partial charge in [-0.15, -0.1) is 0 Å². The number of nitrogens with zero attached hydrogens (tertiary/aromatic N) is 2. The number of imide groups is 1. The average Bonchev–Trinajstić information content (AvgIpc) is 3.41. The van der Waals surface area contributed by atoms with Gasteiger partial charge in [-0.2, -0.15) is 0 Å². The molecule has 4 N–H and O–H groups in total. The highest BCUT2D eigenvalue weighted by Crippen LogP contribution is 2.29. The molecule has 4 atom stereocenters. The molecule has 1 aliphatic rings. The first-order chi connectivity index (χ1) is 24.6. The fourth-order valence-electron chi connectivity index (χ4n) is 6.37. The summed E-state index contributed by atoms with van der Waals surface area (Å²) in [6, 6.07) is 6.19. The molecule has 1 aromatic rings. The van der Waals surface area contributed by atoms with E-state index in [0.29, 0.717) is 12.8 Å². The Morgan fingerprint density at radius 2 is 1.47 bits per heavy atom. The Balaban J connectivity index is 2.11. The Morgan fingerprint density at radius 3 is 1.98 bits per heavy atom. The number of carbonyl (C=O) groups excluding carboxylic acids is 6. The van der Waals surface area contributed by atoms with Gasteiger partial charge in [0, 0.05) is 49.6 Å². The van der Waals surface area contributed by atoms with Gasteiger partial charge in [-0.1, -0.05) is 84.9 Å². The number of carbonyl (C=O) groups is 7. The third-order valence-electron chi connectivity index (χ3n) is 9.75. The van der Waals surface area contributed by atoms with Gasteiger partial charge >= 0.3 is 5.97 Å². The van der Waals surface area contributed by atoms with Gasteiger partial charge in [0.1, 0.15) is 17.9 Å². The number of unbranched alkanes of at least 4 members (excludes halogenated alkanes) is 1. The van der Waals surface area contributed by atoms with Crippen molar-refractivity contribution in [3.63, 3.8) is 0 Å². The molecule has 0 radical (unpaired) electrons. The minimum atomic E-state index is -1.32. The van der Waals surface area contributed by atoms with Crippen molar-refractivity contribution in [2.45, 2.75) is 117 Å². The van der Waals surface area contributed by atoms with Crippen LogP contribution >= 0.6 is 0 Å². The van der Waals surface area contributed by atoms with Crippen molar-refractivity contribution in [1.29, 1.82) is 0 Å². The lowest BCUT2D eigenvalue weighted by atomic mass is 9.76. The van der Waals surface area contributed by atoms with Crippen LogP contribution in [0.15, 0.2) is 54.1 Å². The number of likely N-dealkylation sites (N-methyl/N-ethyl adjacent to an activating group) is 2. The highest BCUT2D eigenvalue weighted by atomic mass is 16.4. The van der Waals surface area contributed by atoms with E-state index in [9.17, 15) is 38.7 Å². The zero-order valence-corrected chi connectivity index (χ0v) is 32.9. The predicted octanol–water partition coefficient (Wildman–Crippen LogP) is 3.53. The number of hydrogen-bond donors (Lipinski definition) is 4. The summed E-state index contributed by atoms with van der Waals surface area (Å²) >= 11 is 0. The van der Waals surface area contributed by atoms with Gasteiger partial charge in [0.05, 0.1) is 12.1 Å². The molecule has 0 aromatic heterocycles. The summed E-state index contributed by atoms with van der Waals surface area (Å²) in [5.74, 6) is -3.74. The Hall–Kier alpha value is -4.65. The molecule has 0 aliphatic carbocycles. The first-order valence-corrected chi connectivity index (χ1v) is 18.2. The van der Waals surface area contributed by atoms with Gasteiger partial charge in [-0.25, -0.2) is 4.79 Å². The highest BCUT2D eigenvalue weighted by molar-refractivity contribution is 6.12. The lowest BCUT2D eigenvalue weighted by molar-refractivity contribution is -0.141. The van der Waals surface area contributed by atoms with E-state index in [1.165, 1.54) is 24.0 Å². The lowest BCUT2D eigenvalue weighted by Crippen LogP contribution is -2.61. The van der Waals surface area contributed by atoms with Crippen LogP contribution in [-0.2, 0) is 39.0 Å². The van der Waals surface area contributed by atoms with E-state index in [0.717, 1.165) is 10.5 Å². The zero-order valence-electron chi connectivity index (χ0n) is 32.9. The van der Waals surface area contributed by atoms with E-state index in [4.69, 9.17) is 0 Å². The van der Waals surface area contributed by atoms with Crippen molar-refractivity contribution in [3.8, 4) is 0 Å². The quantitative estimate of drug-likeness (QED) is 0.0884. The number of Topliss-reactive ketones (excluding diaryl/α,β-unsaturated/α-hetero) is 1. The van der Waals surface area contributed by atoms with Gasteiger partial charge < -0.3 is 26.0 Å². The van der Waals surface area contributed by atoms with Crippen molar-refractivity contribution in [1.82, 2.24) is 25.8 Å². The maximum Gasteiger partial charge on any atom is 0.326 e. The molecule has 0 bridgehead atoms. The predicted molar refractivity (Wildman–Crippen MR) is 202 cm³/mol. The molecule has 1 aliphatic heterocycles. The van der Waals surface area contributed by atoms with Gasteiger partial charge in [0.25, 0.3) is 11.8 Å². The molecule has 13 nitrogen and oxygen atoms in total. The number of nitrogens with one attached hydrogen (secondary N) is 3. The van der Waals surface area contributed by atoms with E-state index in [1.807, 2.05) is 78.8 Å². The van der Waals surface area contributed by atoms with E-state index in [-0.39, 0.29) is 66.7 Å². The van der Waals surface area contributed by atoms with E-state index < -0.39 is 46.9 Å². The Labute approximate surface area is 314 Å². The maximum atomic E-state index is 14.2. The molecule has 1 heterocycles. The largest absolute Gasteiger partial charge is 0.480 e. The molecule has 0 unspecified atom stereocenters. The van der Waals surface area contributed by atoms with Crippen LogP contribution in [0.3, 0.4) is 0 Å². The normalized spacial score (nSPS) is 15.9. The van der Waals surface area contributed by atoms with Crippen LogP contribution < -0.4 is 16.0 Å². The van der Waals surface area contributed by atoms with Crippen LogP contribution in [0.1, 0.15) is 93.1 Å². The second-order valence-corrected chi connectivity index (χ2v) is 15.7. The SMILES string of the molecule is CN[C@H](C(=O)N[C@H](C(=O)N(C)[C@H](/C=C(\C)C(=O)N[C@H](CCC(=O)CCCCN1C(=O)C=CC1=O)C(=O)O)C(C)C)C(C)(C)C)C(C)(C)c1ccccc1. The topological polar surface area (TPSA) is 182 Å². The summed E-state index contributed by atoms with van der Waals surface area (Å²) in [5.41, 5.74) is -0.134. The monoisotopic (exact) mass is 737 g/mol. The van der Waals surface area contributed by atoms with Gasteiger partial charge in [0.2, 0.25) is 17.7 Å². The van der Waals surface area contributed by atoms with Gasteiger partial charge in [0.15, 0.2) is 0 Å². The molecular formula is C40H59N5O8. The van der Waals surface area contributed by atoms with E-state index >= 15 is 0 Å². The average molecular weight is 738 g/mol. The van der Waals surface area contributed by atoms with Crippen molar-refractivity contribution >= 4 is 41.3 Å². The third-order valence-corrected chi connectivity index (χ3v) is 9.75. The number of hydrogen-bond acceptors (Lipinski definition) is 8. The Kier molecular flexibility index (Phi) is 16.3. The minimum absolute atomic E-state index is 0.0775. The standard InChI is InChI=1S/C40H59N5O8/c1-25(2)30(44(10)37(51)34(39(4,5)6)43-36(50)33(41-9)40(7,8)27-16-12-11-13-17-27)24-26(3)35(49)42-29(38(52)53)20-19-28(46)18-14-15-23-45-31(47)21-22-32(45)48/h11-13,16-17,21-22,24-25,29-30,33-34,41H,14-15,18-20,23H2,1-10H3,(H,42,49)(H,43,50)(H,52,53)/b26-24+/t29-,30-,33-,34-/m1/s1. The summed E-state index contributed by atoms with van der Waals surface area (Å²) in [6.07, 6.45) is 4.83. The molecular weight excluding hydrogens is 678 g/mol.